The third-order valence-corrected chi connectivity index (χ3v) is 6.65. The molecule has 0 amide bonds. The summed E-state index contributed by atoms with van der Waals surface area (Å²) in [5.74, 6) is 1.61. The van der Waals surface area contributed by atoms with Crippen LogP contribution in [0.15, 0.2) is 33.5 Å². The molecule has 0 aromatic carbocycles. The Morgan fingerprint density at radius 2 is 2.26 bits per heavy atom. The van der Waals surface area contributed by atoms with E-state index in [2.05, 4.69) is 36.3 Å². The minimum Gasteiger partial charge on any atom is -0.302 e. The molecule has 3 aromatic heterocycles. The lowest BCUT2D eigenvalue weighted by Crippen LogP contribution is -2.02. The van der Waals surface area contributed by atoms with Crippen molar-refractivity contribution in [2.24, 2.45) is 0 Å². The first-order valence-corrected chi connectivity index (χ1v) is 10.0. The van der Waals surface area contributed by atoms with Gasteiger partial charge in [-0.1, -0.05) is 17.8 Å². The summed E-state index contributed by atoms with van der Waals surface area (Å²) < 4.78 is 4.14. The van der Waals surface area contributed by atoms with Gasteiger partial charge in [-0.15, -0.1) is 28.1 Å². The molecule has 6 nitrogen and oxygen atoms in total. The number of fused-ring (bicyclic) bond motifs is 1. The topological polar surface area (TPSA) is 69.4 Å². The van der Waals surface area contributed by atoms with Crippen LogP contribution >= 0.6 is 34.9 Å². The molecule has 1 aliphatic carbocycles. The molecule has 3 aromatic rings. The summed E-state index contributed by atoms with van der Waals surface area (Å²) in [6.07, 6.45) is 7.85. The fourth-order valence-corrected chi connectivity index (χ4v) is 4.74. The van der Waals surface area contributed by atoms with E-state index in [4.69, 9.17) is 0 Å². The van der Waals surface area contributed by atoms with Crippen LogP contribution in [0.2, 0.25) is 0 Å². The lowest BCUT2D eigenvalue weighted by molar-refractivity contribution is 0.681. The molecule has 0 atom stereocenters. The van der Waals surface area contributed by atoms with Gasteiger partial charge in [-0.05, 0) is 30.9 Å². The van der Waals surface area contributed by atoms with Crippen LogP contribution in [0, 0.1) is 0 Å². The van der Waals surface area contributed by atoms with Gasteiger partial charge in [0.1, 0.15) is 21.9 Å². The first-order chi connectivity index (χ1) is 11.3. The molecule has 1 aliphatic rings. The zero-order chi connectivity index (χ0) is 15.8. The highest BCUT2D eigenvalue weighted by atomic mass is 32.2. The Bertz CT molecular complexity index is 867. The zero-order valence-corrected chi connectivity index (χ0v) is 14.9. The van der Waals surface area contributed by atoms with Gasteiger partial charge in [-0.2, -0.15) is 0 Å². The largest absolute Gasteiger partial charge is 0.302 e. The Labute approximate surface area is 145 Å². The predicted octanol–water partition coefficient (Wildman–Crippen LogP) is 3.61. The molecule has 23 heavy (non-hydrogen) atoms. The van der Waals surface area contributed by atoms with Gasteiger partial charge < -0.3 is 4.57 Å². The zero-order valence-electron chi connectivity index (χ0n) is 12.5. The number of hydrogen-bond acceptors (Lipinski definition) is 8. The van der Waals surface area contributed by atoms with Crippen LogP contribution < -0.4 is 0 Å². The van der Waals surface area contributed by atoms with Gasteiger partial charge in [0.05, 0.1) is 0 Å². The van der Waals surface area contributed by atoms with Gasteiger partial charge in [0.25, 0.3) is 0 Å². The summed E-state index contributed by atoms with van der Waals surface area (Å²) in [7, 11) is 0. The van der Waals surface area contributed by atoms with E-state index in [0.29, 0.717) is 12.5 Å². The molecule has 0 bridgehead atoms. The second-order valence-corrected chi connectivity index (χ2v) is 8.14. The molecular weight excluding hydrogens is 348 g/mol. The van der Waals surface area contributed by atoms with Gasteiger partial charge in [0.2, 0.25) is 0 Å². The summed E-state index contributed by atoms with van der Waals surface area (Å²) in [5.41, 5.74) is 0.744. The standard InChI is InChI=1S/C14H14N6S3/c1-3-6-20-11(8-4-5-8)18-19-13(20)23-12-9-10(15-7-16-12)17-14(21-2)22-9/h3,7-8H,1,4-6H2,2H3. The molecule has 118 valence electrons. The average molecular weight is 363 g/mol. The quantitative estimate of drug-likeness (QED) is 0.377. The molecule has 1 fully saturated rings. The highest BCUT2D eigenvalue weighted by molar-refractivity contribution is 8.00. The molecule has 0 spiro atoms. The normalized spacial score (nSPS) is 14.5. The predicted molar refractivity (Wildman–Crippen MR) is 93.3 cm³/mol. The van der Waals surface area contributed by atoms with Crippen molar-refractivity contribution in [1.29, 1.82) is 0 Å². The van der Waals surface area contributed by atoms with E-state index in [0.717, 1.165) is 30.7 Å². The fraction of sp³-hybridized carbons (Fsp3) is 0.357. The second kappa shape index (κ2) is 6.21. The van der Waals surface area contributed by atoms with E-state index in [1.165, 1.54) is 24.6 Å². The van der Waals surface area contributed by atoms with Crippen LogP contribution in [0.1, 0.15) is 24.6 Å². The molecule has 0 saturated heterocycles. The van der Waals surface area contributed by atoms with Crippen LogP contribution in [-0.4, -0.2) is 36.0 Å². The van der Waals surface area contributed by atoms with Crippen molar-refractivity contribution in [2.75, 3.05) is 6.26 Å². The molecule has 0 unspecified atom stereocenters. The van der Waals surface area contributed by atoms with Crippen LogP contribution in [0.4, 0.5) is 0 Å². The molecular formula is C14H14N6S3. The summed E-state index contributed by atoms with van der Waals surface area (Å²) in [6.45, 7) is 4.56. The number of nitrogens with zero attached hydrogens (tertiary/aromatic N) is 6. The van der Waals surface area contributed by atoms with Crippen LogP contribution in [0.25, 0.3) is 10.3 Å². The van der Waals surface area contributed by atoms with E-state index < -0.39 is 0 Å². The Balaban J connectivity index is 1.73. The van der Waals surface area contributed by atoms with Crippen molar-refractivity contribution in [3.05, 3.63) is 24.8 Å². The van der Waals surface area contributed by atoms with E-state index in [1.807, 2.05) is 12.3 Å². The average Bonchev–Trinajstić information content (AvgIpc) is 3.19. The Morgan fingerprint density at radius 1 is 1.39 bits per heavy atom. The number of rotatable bonds is 6. The summed E-state index contributed by atoms with van der Waals surface area (Å²) in [5, 5.41) is 10.5. The van der Waals surface area contributed by atoms with Crippen molar-refractivity contribution in [2.45, 2.75) is 39.8 Å². The molecule has 9 heteroatoms. The second-order valence-electron chi connectivity index (χ2n) is 5.13. The number of hydrogen-bond donors (Lipinski definition) is 0. The van der Waals surface area contributed by atoms with Gasteiger partial charge in [0.15, 0.2) is 15.1 Å². The Kier molecular flexibility index (Phi) is 4.08. The first kappa shape index (κ1) is 15.1. The van der Waals surface area contributed by atoms with Crippen molar-refractivity contribution in [3.63, 3.8) is 0 Å². The SMILES string of the molecule is C=CCn1c(Sc2ncnc3nc(SC)sc23)nnc1C1CC1. The molecule has 0 aliphatic heterocycles. The van der Waals surface area contributed by atoms with E-state index in [-0.39, 0.29) is 0 Å². The third-order valence-electron chi connectivity index (χ3n) is 3.50. The van der Waals surface area contributed by atoms with Gasteiger partial charge in [-0.25, -0.2) is 15.0 Å². The van der Waals surface area contributed by atoms with Crippen LogP contribution in [-0.2, 0) is 6.54 Å². The molecule has 4 rings (SSSR count). The third kappa shape index (κ3) is 2.88. The number of aromatic nitrogens is 6. The lowest BCUT2D eigenvalue weighted by atomic mass is 10.4. The highest BCUT2D eigenvalue weighted by Gasteiger charge is 2.30. The number of thiazole rings is 1. The van der Waals surface area contributed by atoms with Gasteiger partial charge >= 0.3 is 0 Å². The summed E-state index contributed by atoms with van der Waals surface area (Å²) in [6, 6.07) is 0. The van der Waals surface area contributed by atoms with Crippen molar-refractivity contribution in [3.8, 4) is 0 Å². The number of allylic oxidation sites excluding steroid dienone is 1. The van der Waals surface area contributed by atoms with E-state index >= 15 is 0 Å². The van der Waals surface area contributed by atoms with Crippen LogP contribution in [0.5, 0.6) is 0 Å². The minimum atomic E-state index is 0.550. The van der Waals surface area contributed by atoms with E-state index in [9.17, 15) is 0 Å². The summed E-state index contributed by atoms with van der Waals surface area (Å²) in [4.78, 5) is 13.2. The van der Waals surface area contributed by atoms with Gasteiger partial charge in [0, 0.05) is 12.5 Å². The van der Waals surface area contributed by atoms with Crippen LogP contribution in [0.3, 0.4) is 0 Å². The monoisotopic (exact) mass is 362 g/mol. The smallest absolute Gasteiger partial charge is 0.197 e. The Morgan fingerprint density at radius 3 is 3.00 bits per heavy atom. The van der Waals surface area contributed by atoms with Crippen molar-refractivity contribution < 1.29 is 0 Å². The molecule has 1 saturated carbocycles. The first-order valence-electron chi connectivity index (χ1n) is 7.17. The molecule has 3 heterocycles. The number of thioether (sulfide) groups is 1. The van der Waals surface area contributed by atoms with E-state index in [1.54, 1.807) is 29.4 Å². The van der Waals surface area contributed by atoms with Gasteiger partial charge in [-0.3, -0.25) is 0 Å². The maximum absolute atomic E-state index is 4.49. The Hall–Kier alpha value is -1.45. The fourth-order valence-electron chi connectivity index (χ4n) is 2.28. The highest BCUT2D eigenvalue weighted by Crippen LogP contribution is 2.41. The molecule has 0 N–H and O–H groups in total. The molecule has 0 radical (unpaired) electrons. The van der Waals surface area contributed by atoms with Crippen molar-refractivity contribution >= 4 is 45.2 Å². The maximum Gasteiger partial charge on any atom is 0.197 e. The maximum atomic E-state index is 4.49. The lowest BCUT2D eigenvalue weighted by Gasteiger charge is -2.06. The van der Waals surface area contributed by atoms with Crippen molar-refractivity contribution in [1.82, 2.24) is 29.7 Å². The summed E-state index contributed by atoms with van der Waals surface area (Å²) >= 11 is 4.76. The minimum absolute atomic E-state index is 0.550.